The number of carbonyl (C=O) groups excluding carboxylic acids is 1. The van der Waals surface area contributed by atoms with E-state index in [1.165, 1.54) is 16.9 Å². The van der Waals surface area contributed by atoms with Crippen molar-refractivity contribution in [1.82, 2.24) is 30.1 Å². The first kappa shape index (κ1) is 26.5. The van der Waals surface area contributed by atoms with Crippen molar-refractivity contribution in [2.24, 2.45) is 0 Å². The molecule has 2 aromatic heterocycles. The summed E-state index contributed by atoms with van der Waals surface area (Å²) in [6.45, 7) is 1.55. The zero-order chi connectivity index (χ0) is 27.1. The number of ether oxygens (including phenoxy) is 1. The van der Waals surface area contributed by atoms with Gasteiger partial charge < -0.3 is 20.3 Å². The smallest absolute Gasteiger partial charge is 0.416 e. The average Bonchev–Trinajstić information content (AvgIpc) is 3.34. The molecule has 2 aromatic carbocycles. The lowest BCUT2D eigenvalue weighted by Gasteiger charge is -2.11. The van der Waals surface area contributed by atoms with Gasteiger partial charge in [-0.3, -0.25) is 4.98 Å². The number of hydrogen-bond donors (Lipinski definition) is 2. The first-order valence-electron chi connectivity index (χ1n) is 11.6. The number of nitrogens with zero attached hydrogens (tertiary/aromatic N) is 6. The highest BCUT2D eigenvalue weighted by molar-refractivity contribution is 5.99. The molecule has 0 aliphatic carbocycles. The molecule has 0 fully saturated rings. The van der Waals surface area contributed by atoms with Crippen molar-refractivity contribution in [1.29, 1.82) is 0 Å². The van der Waals surface area contributed by atoms with E-state index in [1.54, 1.807) is 42.6 Å². The summed E-state index contributed by atoms with van der Waals surface area (Å²) in [6, 6.07) is 13.6. The Bertz CT molecular complexity index is 1370. The Balaban J connectivity index is 1.33. The average molecular weight is 527 g/mol. The van der Waals surface area contributed by atoms with Crippen LogP contribution in [0.5, 0.6) is 11.5 Å². The Morgan fingerprint density at radius 3 is 2.50 bits per heavy atom. The summed E-state index contributed by atoms with van der Waals surface area (Å²) in [5, 5.41) is 17.5. The SMILES string of the molecule is CN(C)CCCn1nnc(-c2cc(Oc3ccc(NC(=O)Nc4cccc(C(F)(F)F)c4)cc3)ccn2)n1. The van der Waals surface area contributed by atoms with Crippen LogP contribution >= 0.6 is 0 Å². The summed E-state index contributed by atoms with van der Waals surface area (Å²) >= 11 is 0. The lowest BCUT2D eigenvalue weighted by atomic mass is 10.2. The van der Waals surface area contributed by atoms with Gasteiger partial charge in [0, 0.05) is 23.6 Å². The molecule has 0 radical (unpaired) electrons. The predicted octanol–water partition coefficient (Wildman–Crippen LogP) is 5.14. The van der Waals surface area contributed by atoms with Gasteiger partial charge in [-0.25, -0.2) is 4.79 Å². The number of nitrogens with one attached hydrogen (secondary N) is 2. The summed E-state index contributed by atoms with van der Waals surface area (Å²) in [6.07, 6.45) is -2.04. The highest BCUT2D eigenvalue weighted by Gasteiger charge is 2.30. The van der Waals surface area contributed by atoms with Gasteiger partial charge in [0.1, 0.15) is 17.2 Å². The second-order valence-electron chi connectivity index (χ2n) is 8.53. The molecule has 38 heavy (non-hydrogen) atoms. The van der Waals surface area contributed by atoms with Gasteiger partial charge in [-0.15, -0.1) is 10.2 Å². The van der Waals surface area contributed by atoms with Gasteiger partial charge in [-0.05, 0) is 80.8 Å². The molecule has 0 aliphatic heterocycles. The molecule has 0 bridgehead atoms. The van der Waals surface area contributed by atoms with Crippen molar-refractivity contribution in [2.45, 2.75) is 19.1 Å². The van der Waals surface area contributed by atoms with E-state index in [-0.39, 0.29) is 5.69 Å². The van der Waals surface area contributed by atoms with Gasteiger partial charge in [-0.2, -0.15) is 18.0 Å². The number of amides is 2. The van der Waals surface area contributed by atoms with Crippen LogP contribution in [-0.4, -0.2) is 56.8 Å². The zero-order valence-electron chi connectivity index (χ0n) is 20.6. The Kier molecular flexibility index (Phi) is 8.16. The number of pyridine rings is 1. The zero-order valence-corrected chi connectivity index (χ0v) is 20.6. The number of aryl methyl sites for hydroxylation is 1. The van der Waals surface area contributed by atoms with Crippen LogP contribution in [0.4, 0.5) is 29.3 Å². The van der Waals surface area contributed by atoms with Gasteiger partial charge in [0.25, 0.3) is 0 Å². The van der Waals surface area contributed by atoms with Crippen LogP contribution < -0.4 is 15.4 Å². The molecule has 4 aromatic rings. The molecule has 4 rings (SSSR count). The number of tetrazole rings is 1. The largest absolute Gasteiger partial charge is 0.457 e. The third-order valence-corrected chi connectivity index (χ3v) is 5.17. The van der Waals surface area contributed by atoms with E-state index < -0.39 is 17.8 Å². The van der Waals surface area contributed by atoms with Gasteiger partial charge in [0.15, 0.2) is 0 Å². The molecule has 2 heterocycles. The van der Waals surface area contributed by atoms with Crippen LogP contribution in [0.1, 0.15) is 12.0 Å². The van der Waals surface area contributed by atoms with Crippen LogP contribution in [-0.2, 0) is 12.7 Å². The highest BCUT2D eigenvalue weighted by atomic mass is 19.4. The third-order valence-electron chi connectivity index (χ3n) is 5.17. The molecule has 198 valence electrons. The summed E-state index contributed by atoms with van der Waals surface area (Å²) in [5.74, 6) is 1.37. The number of carbonyl (C=O) groups is 1. The minimum atomic E-state index is -4.50. The Morgan fingerprint density at radius 2 is 1.76 bits per heavy atom. The lowest BCUT2D eigenvalue weighted by Crippen LogP contribution is -2.19. The van der Waals surface area contributed by atoms with E-state index in [1.807, 2.05) is 14.1 Å². The van der Waals surface area contributed by atoms with Crippen LogP contribution in [0.15, 0.2) is 66.9 Å². The highest BCUT2D eigenvalue weighted by Crippen LogP contribution is 2.31. The lowest BCUT2D eigenvalue weighted by molar-refractivity contribution is -0.137. The number of urea groups is 1. The van der Waals surface area contributed by atoms with Crippen LogP contribution in [0.2, 0.25) is 0 Å². The molecule has 0 aliphatic rings. The van der Waals surface area contributed by atoms with E-state index >= 15 is 0 Å². The Hall–Kier alpha value is -4.52. The molecular weight excluding hydrogens is 501 g/mol. The molecule has 10 nitrogen and oxygen atoms in total. The van der Waals surface area contributed by atoms with Crippen molar-refractivity contribution in [3.05, 3.63) is 72.4 Å². The van der Waals surface area contributed by atoms with Crippen LogP contribution in [0.25, 0.3) is 11.5 Å². The minimum Gasteiger partial charge on any atom is -0.457 e. The topological polar surface area (TPSA) is 110 Å². The van der Waals surface area contributed by atoms with E-state index in [9.17, 15) is 18.0 Å². The van der Waals surface area contributed by atoms with Gasteiger partial charge in [-0.1, -0.05) is 6.07 Å². The van der Waals surface area contributed by atoms with Gasteiger partial charge >= 0.3 is 12.2 Å². The molecular formula is C25H25F3N8O2. The molecule has 0 saturated heterocycles. The van der Waals surface area contributed by atoms with E-state index in [4.69, 9.17) is 4.74 Å². The summed E-state index contributed by atoms with van der Waals surface area (Å²) in [4.78, 5) is 20.1. The third kappa shape index (κ3) is 7.49. The predicted molar refractivity (Wildman–Crippen MR) is 135 cm³/mol. The molecule has 0 unspecified atom stereocenters. The standard InChI is InChI=1S/C25H25F3N8O2/c1-35(2)13-4-14-36-33-23(32-34-36)22-16-21(11-12-29-22)38-20-9-7-18(8-10-20)30-24(37)31-19-6-3-5-17(15-19)25(26,27)28/h3,5-12,15-16H,4,13-14H2,1-2H3,(H2,30,31,37). The number of alkyl halides is 3. The van der Waals surface area contributed by atoms with Gasteiger partial charge in [0.2, 0.25) is 5.82 Å². The fourth-order valence-corrected chi connectivity index (χ4v) is 3.37. The quantitative estimate of drug-likeness (QED) is 0.311. The van der Waals surface area contributed by atoms with E-state index in [2.05, 4.69) is 35.9 Å². The molecule has 0 spiro atoms. The number of anilines is 2. The minimum absolute atomic E-state index is 0.0221. The van der Waals surface area contributed by atoms with Crippen molar-refractivity contribution in [3.8, 4) is 23.0 Å². The monoisotopic (exact) mass is 526 g/mol. The fourth-order valence-electron chi connectivity index (χ4n) is 3.37. The van der Waals surface area contributed by atoms with Crippen molar-refractivity contribution in [3.63, 3.8) is 0 Å². The maximum atomic E-state index is 12.9. The Labute approximate surface area is 216 Å². The number of rotatable bonds is 9. The second kappa shape index (κ2) is 11.7. The van der Waals surface area contributed by atoms with Crippen molar-refractivity contribution >= 4 is 17.4 Å². The van der Waals surface area contributed by atoms with Crippen LogP contribution in [0, 0.1) is 0 Å². The molecule has 13 heteroatoms. The van der Waals surface area contributed by atoms with Crippen molar-refractivity contribution < 1.29 is 22.7 Å². The molecule has 0 atom stereocenters. The Morgan fingerprint density at radius 1 is 1.00 bits per heavy atom. The molecule has 2 amide bonds. The van der Waals surface area contributed by atoms with E-state index in [0.717, 1.165) is 25.1 Å². The first-order chi connectivity index (χ1) is 18.2. The second-order valence-corrected chi connectivity index (χ2v) is 8.53. The fraction of sp³-hybridized carbons (Fsp3) is 0.240. The number of benzene rings is 2. The number of aromatic nitrogens is 5. The van der Waals surface area contributed by atoms with Crippen molar-refractivity contribution in [2.75, 3.05) is 31.3 Å². The molecule has 2 N–H and O–H groups in total. The van der Waals surface area contributed by atoms with Crippen LogP contribution in [0.3, 0.4) is 0 Å². The number of hydrogen-bond acceptors (Lipinski definition) is 7. The summed E-state index contributed by atoms with van der Waals surface area (Å²) in [7, 11) is 4.00. The number of halogens is 3. The summed E-state index contributed by atoms with van der Waals surface area (Å²) < 4.78 is 44.5. The molecule has 0 saturated carbocycles. The van der Waals surface area contributed by atoms with E-state index in [0.29, 0.717) is 35.2 Å². The first-order valence-corrected chi connectivity index (χ1v) is 11.6. The maximum Gasteiger partial charge on any atom is 0.416 e. The maximum absolute atomic E-state index is 12.9. The van der Waals surface area contributed by atoms with Gasteiger partial charge in [0.05, 0.1) is 12.1 Å². The normalized spacial score (nSPS) is 11.4. The summed E-state index contributed by atoms with van der Waals surface area (Å²) in [5.41, 5.74) is 0.101.